The van der Waals surface area contributed by atoms with Crippen molar-refractivity contribution >= 4 is 34.3 Å². The minimum atomic E-state index is -0.612. The molecule has 5 nitrogen and oxygen atoms in total. The molecule has 28 heavy (non-hydrogen) atoms. The monoisotopic (exact) mass is 420 g/mol. The van der Waals surface area contributed by atoms with Crippen molar-refractivity contribution in [1.82, 2.24) is 14.9 Å². The predicted molar refractivity (Wildman–Crippen MR) is 108 cm³/mol. The van der Waals surface area contributed by atoms with Gasteiger partial charge in [-0.3, -0.25) is 14.8 Å². The first-order valence-corrected chi connectivity index (χ1v) is 10.3. The Hall–Kier alpha value is -2.36. The number of anilines is 1. The van der Waals surface area contributed by atoms with Gasteiger partial charge in [0.15, 0.2) is 0 Å². The number of halogens is 2. The number of carbonyl (C=O) groups is 1. The van der Waals surface area contributed by atoms with Crippen molar-refractivity contribution in [3.63, 3.8) is 0 Å². The van der Waals surface area contributed by atoms with E-state index in [9.17, 15) is 13.6 Å². The molecule has 1 amide bonds. The van der Waals surface area contributed by atoms with Crippen LogP contribution in [0.4, 0.5) is 13.9 Å². The number of rotatable bonds is 8. The van der Waals surface area contributed by atoms with E-state index in [0.29, 0.717) is 10.6 Å². The third kappa shape index (κ3) is 5.34. The van der Waals surface area contributed by atoms with Crippen molar-refractivity contribution in [2.75, 3.05) is 11.9 Å². The summed E-state index contributed by atoms with van der Waals surface area (Å²) in [5.74, 6) is -1.56. The Balaban J connectivity index is 1.68. The second kappa shape index (κ2) is 9.72. The molecule has 0 aliphatic heterocycles. The molecule has 0 spiro atoms. The third-order valence-corrected chi connectivity index (χ3v) is 5.47. The van der Waals surface area contributed by atoms with Crippen molar-refractivity contribution in [1.29, 1.82) is 0 Å². The van der Waals surface area contributed by atoms with Crippen LogP contribution in [0.5, 0.6) is 0 Å². The van der Waals surface area contributed by atoms with E-state index in [4.69, 9.17) is 0 Å². The molecule has 1 heterocycles. The highest BCUT2D eigenvalue weighted by Crippen LogP contribution is 2.27. The summed E-state index contributed by atoms with van der Waals surface area (Å²) in [7, 11) is 0. The molecule has 0 aliphatic rings. The quantitative estimate of drug-likeness (QED) is 0.391. The molecule has 0 saturated heterocycles. The van der Waals surface area contributed by atoms with E-state index in [0.717, 1.165) is 35.6 Å². The summed E-state index contributed by atoms with van der Waals surface area (Å²) in [5, 5.41) is 11.2. The van der Waals surface area contributed by atoms with Gasteiger partial charge in [0, 0.05) is 17.0 Å². The second-order valence-electron chi connectivity index (χ2n) is 5.86. The summed E-state index contributed by atoms with van der Waals surface area (Å²) in [5.41, 5.74) is 0.614. The molecule has 2 N–H and O–H groups in total. The van der Waals surface area contributed by atoms with Crippen molar-refractivity contribution < 1.29 is 13.6 Å². The fraction of sp³-hybridized carbons (Fsp3) is 0.211. The van der Waals surface area contributed by atoms with Gasteiger partial charge in [-0.15, -0.1) is 10.2 Å². The molecule has 9 heteroatoms. The molecule has 1 aromatic heterocycles. The number of nitrogens with one attached hydrogen (secondary N) is 2. The maximum atomic E-state index is 14.1. The van der Waals surface area contributed by atoms with Crippen LogP contribution >= 0.6 is 23.3 Å². The predicted octanol–water partition coefficient (Wildman–Crippen LogP) is 5.13. The first-order chi connectivity index (χ1) is 13.6. The molecular weight excluding hydrogens is 402 g/mol. The van der Waals surface area contributed by atoms with Gasteiger partial charge in [0.1, 0.15) is 16.6 Å². The van der Waals surface area contributed by atoms with E-state index < -0.39 is 11.7 Å². The molecule has 0 saturated carbocycles. The number of nitrogens with zero attached hydrogens (tertiary/aromatic N) is 2. The van der Waals surface area contributed by atoms with Crippen LogP contribution in [0.15, 0.2) is 47.4 Å². The zero-order valence-corrected chi connectivity index (χ0v) is 16.7. The van der Waals surface area contributed by atoms with E-state index in [-0.39, 0.29) is 16.5 Å². The lowest BCUT2D eigenvalue weighted by molar-refractivity contribution is 0.102. The van der Waals surface area contributed by atoms with E-state index >= 15 is 0 Å². The lowest BCUT2D eigenvalue weighted by Gasteiger charge is -2.07. The Morgan fingerprint density at radius 3 is 2.68 bits per heavy atom. The van der Waals surface area contributed by atoms with Crippen LogP contribution in [0, 0.1) is 11.6 Å². The first-order valence-electron chi connectivity index (χ1n) is 8.67. The average molecular weight is 421 g/mol. The largest absolute Gasteiger partial charge is 0.296 e. The SMILES string of the molecule is CCCCNSc1ccc(F)c(C(=O)Nc2nnc(-c3ccc(F)cc3)s2)c1. The zero-order chi connectivity index (χ0) is 19.9. The first kappa shape index (κ1) is 20.4. The fourth-order valence-electron chi connectivity index (χ4n) is 2.27. The van der Waals surface area contributed by atoms with Gasteiger partial charge >= 0.3 is 0 Å². The van der Waals surface area contributed by atoms with Crippen molar-refractivity contribution in [3.8, 4) is 10.6 Å². The van der Waals surface area contributed by atoms with Crippen LogP contribution in [-0.4, -0.2) is 22.6 Å². The van der Waals surface area contributed by atoms with Crippen LogP contribution < -0.4 is 10.0 Å². The molecule has 0 atom stereocenters. The number of carbonyl (C=O) groups excluding carboxylic acids is 1. The third-order valence-electron chi connectivity index (χ3n) is 3.74. The van der Waals surface area contributed by atoms with Gasteiger partial charge in [-0.2, -0.15) is 0 Å². The summed E-state index contributed by atoms with van der Waals surface area (Å²) < 4.78 is 30.3. The fourth-order valence-corrected chi connectivity index (χ4v) is 3.74. The van der Waals surface area contributed by atoms with Crippen molar-refractivity contribution in [2.45, 2.75) is 24.7 Å². The molecule has 0 bridgehead atoms. The highest BCUT2D eigenvalue weighted by Gasteiger charge is 2.16. The Bertz CT molecular complexity index is 947. The van der Waals surface area contributed by atoms with Gasteiger partial charge in [0.2, 0.25) is 5.13 Å². The minimum absolute atomic E-state index is 0.0687. The standard InChI is InChI=1S/C19H18F2N4OS2/c1-2-3-10-22-28-14-8-9-16(21)15(11-14)17(26)23-19-25-24-18(27-19)12-4-6-13(20)7-5-12/h4-9,11,22H,2-3,10H2,1H3,(H,23,25,26). The number of amides is 1. The van der Waals surface area contributed by atoms with Gasteiger partial charge in [-0.05, 0) is 60.8 Å². The number of aromatic nitrogens is 2. The summed E-state index contributed by atoms with van der Waals surface area (Å²) >= 11 is 2.48. The Morgan fingerprint density at radius 1 is 1.14 bits per heavy atom. The van der Waals surface area contributed by atoms with Crippen LogP contribution in [0.2, 0.25) is 0 Å². The highest BCUT2D eigenvalue weighted by atomic mass is 32.2. The lowest BCUT2D eigenvalue weighted by Crippen LogP contribution is -2.14. The van der Waals surface area contributed by atoms with Crippen molar-refractivity contribution in [2.24, 2.45) is 0 Å². The summed E-state index contributed by atoms with van der Waals surface area (Å²) in [4.78, 5) is 13.2. The van der Waals surface area contributed by atoms with Crippen LogP contribution in [0.25, 0.3) is 10.6 Å². The van der Waals surface area contributed by atoms with Gasteiger partial charge in [0.05, 0.1) is 5.56 Å². The van der Waals surface area contributed by atoms with Crippen molar-refractivity contribution in [3.05, 3.63) is 59.7 Å². The van der Waals surface area contributed by atoms with Crippen LogP contribution in [0.3, 0.4) is 0 Å². The van der Waals surface area contributed by atoms with Gasteiger partial charge in [-0.1, -0.05) is 24.7 Å². The van der Waals surface area contributed by atoms with E-state index in [2.05, 4.69) is 27.2 Å². The number of hydrogen-bond acceptors (Lipinski definition) is 6. The molecular formula is C19H18F2N4OS2. The molecule has 2 aromatic carbocycles. The molecule has 0 radical (unpaired) electrons. The second-order valence-corrected chi connectivity index (χ2v) is 7.81. The number of unbranched alkanes of at least 4 members (excludes halogenated alkanes) is 1. The minimum Gasteiger partial charge on any atom is -0.296 e. The normalized spacial score (nSPS) is 10.8. The Kier molecular flexibility index (Phi) is 7.07. The summed E-state index contributed by atoms with van der Waals surface area (Å²) in [6.45, 7) is 2.93. The molecule has 0 unspecified atom stereocenters. The smallest absolute Gasteiger partial charge is 0.260 e. The molecule has 0 fully saturated rings. The lowest BCUT2D eigenvalue weighted by atomic mass is 10.2. The van der Waals surface area contributed by atoms with Crippen LogP contribution in [0.1, 0.15) is 30.1 Å². The maximum absolute atomic E-state index is 14.1. The number of hydrogen-bond donors (Lipinski definition) is 2. The highest BCUT2D eigenvalue weighted by molar-refractivity contribution is 7.97. The van der Waals surface area contributed by atoms with E-state index in [1.807, 2.05) is 0 Å². The average Bonchev–Trinajstić information content (AvgIpc) is 3.15. The molecule has 3 aromatic rings. The Labute approximate surface area is 169 Å². The van der Waals surface area contributed by atoms with E-state index in [1.54, 1.807) is 18.2 Å². The topological polar surface area (TPSA) is 66.9 Å². The maximum Gasteiger partial charge on any atom is 0.260 e. The van der Waals surface area contributed by atoms with Gasteiger partial charge in [0.25, 0.3) is 5.91 Å². The van der Waals surface area contributed by atoms with Gasteiger partial charge in [-0.25, -0.2) is 8.78 Å². The zero-order valence-electron chi connectivity index (χ0n) is 15.0. The Morgan fingerprint density at radius 2 is 1.93 bits per heavy atom. The van der Waals surface area contributed by atoms with Crippen LogP contribution in [-0.2, 0) is 0 Å². The molecule has 0 aliphatic carbocycles. The summed E-state index contributed by atoms with van der Waals surface area (Å²) in [6, 6.07) is 10.2. The molecule has 146 valence electrons. The summed E-state index contributed by atoms with van der Waals surface area (Å²) in [6.07, 6.45) is 2.11. The molecule has 3 rings (SSSR count). The van der Waals surface area contributed by atoms with E-state index in [1.165, 1.54) is 36.2 Å². The number of benzene rings is 2. The van der Waals surface area contributed by atoms with Gasteiger partial charge < -0.3 is 0 Å².